The van der Waals surface area contributed by atoms with Gasteiger partial charge in [0.1, 0.15) is 0 Å². The first-order valence-corrected chi connectivity index (χ1v) is 6.72. The van der Waals surface area contributed by atoms with Crippen LogP contribution in [-0.2, 0) is 11.3 Å². The highest BCUT2D eigenvalue weighted by atomic mass is 16.2. The molecule has 2 rings (SSSR count). The SMILES string of the molecule is CCn1cc(NC(=O)C2CCCCC2)ccc1=O. The van der Waals surface area contributed by atoms with Gasteiger partial charge in [-0.2, -0.15) is 0 Å². The predicted molar refractivity (Wildman–Crippen MR) is 71.6 cm³/mol. The van der Waals surface area contributed by atoms with Crippen molar-refractivity contribution >= 4 is 11.6 Å². The van der Waals surface area contributed by atoms with Gasteiger partial charge < -0.3 is 9.88 Å². The molecular formula is C14H20N2O2. The van der Waals surface area contributed by atoms with Crippen molar-refractivity contribution in [1.82, 2.24) is 4.57 Å². The number of anilines is 1. The van der Waals surface area contributed by atoms with Crippen molar-refractivity contribution in [2.45, 2.75) is 45.6 Å². The molecule has 0 bridgehead atoms. The third kappa shape index (κ3) is 3.00. The van der Waals surface area contributed by atoms with Crippen molar-refractivity contribution in [2.75, 3.05) is 5.32 Å². The van der Waals surface area contributed by atoms with E-state index in [4.69, 9.17) is 0 Å². The van der Waals surface area contributed by atoms with Gasteiger partial charge in [0.2, 0.25) is 5.91 Å². The summed E-state index contributed by atoms with van der Waals surface area (Å²) in [6.45, 7) is 2.53. The van der Waals surface area contributed by atoms with E-state index in [1.54, 1.807) is 16.8 Å². The lowest BCUT2D eigenvalue weighted by Gasteiger charge is -2.20. The lowest BCUT2D eigenvalue weighted by Crippen LogP contribution is -2.26. The van der Waals surface area contributed by atoms with Gasteiger partial charge in [-0.1, -0.05) is 19.3 Å². The molecule has 0 atom stereocenters. The van der Waals surface area contributed by atoms with E-state index in [2.05, 4.69) is 5.32 Å². The maximum atomic E-state index is 12.1. The first-order valence-electron chi connectivity index (χ1n) is 6.72. The fraction of sp³-hybridized carbons (Fsp3) is 0.571. The number of hydrogen-bond donors (Lipinski definition) is 1. The average Bonchev–Trinajstić information content (AvgIpc) is 2.42. The zero-order chi connectivity index (χ0) is 13.0. The van der Waals surface area contributed by atoms with Gasteiger partial charge in [0.25, 0.3) is 5.56 Å². The predicted octanol–water partition coefficient (Wildman–Crippen LogP) is 2.39. The Morgan fingerprint density at radius 1 is 1.33 bits per heavy atom. The molecule has 0 spiro atoms. The van der Waals surface area contributed by atoms with Crippen LogP contribution in [0.5, 0.6) is 0 Å². The Bertz CT molecular complexity index is 473. The Hall–Kier alpha value is -1.58. The first-order chi connectivity index (χ1) is 8.70. The molecule has 1 heterocycles. The van der Waals surface area contributed by atoms with Crippen LogP contribution in [0.4, 0.5) is 5.69 Å². The van der Waals surface area contributed by atoms with Crippen LogP contribution < -0.4 is 10.9 Å². The lowest BCUT2D eigenvalue weighted by molar-refractivity contribution is -0.120. The summed E-state index contributed by atoms with van der Waals surface area (Å²) in [6, 6.07) is 3.18. The summed E-state index contributed by atoms with van der Waals surface area (Å²) in [7, 11) is 0. The minimum Gasteiger partial charge on any atom is -0.325 e. The Labute approximate surface area is 107 Å². The Morgan fingerprint density at radius 2 is 2.06 bits per heavy atom. The third-order valence-corrected chi connectivity index (χ3v) is 3.57. The van der Waals surface area contributed by atoms with E-state index in [9.17, 15) is 9.59 Å². The molecule has 18 heavy (non-hydrogen) atoms. The molecule has 1 N–H and O–H groups in total. The standard InChI is InChI=1S/C14H20N2O2/c1-2-16-10-12(8-9-13(16)17)15-14(18)11-6-4-3-5-7-11/h8-11H,2-7H2,1H3,(H,15,18). The molecule has 1 aliphatic carbocycles. The fourth-order valence-electron chi connectivity index (χ4n) is 2.46. The van der Waals surface area contributed by atoms with E-state index < -0.39 is 0 Å². The molecule has 1 aromatic rings. The quantitative estimate of drug-likeness (QED) is 0.893. The van der Waals surface area contributed by atoms with Crippen molar-refractivity contribution in [2.24, 2.45) is 5.92 Å². The zero-order valence-electron chi connectivity index (χ0n) is 10.8. The topological polar surface area (TPSA) is 51.1 Å². The van der Waals surface area contributed by atoms with Gasteiger partial charge in [0.05, 0.1) is 5.69 Å². The summed E-state index contributed by atoms with van der Waals surface area (Å²) in [5.74, 6) is 0.233. The van der Waals surface area contributed by atoms with Crippen LogP contribution in [0.25, 0.3) is 0 Å². The Kier molecular flexibility index (Phi) is 4.18. The highest BCUT2D eigenvalue weighted by molar-refractivity contribution is 5.92. The molecule has 1 fully saturated rings. The van der Waals surface area contributed by atoms with Gasteiger partial charge in [0.15, 0.2) is 0 Å². The summed E-state index contributed by atoms with van der Waals surface area (Å²) < 4.78 is 1.59. The van der Waals surface area contributed by atoms with E-state index in [0.29, 0.717) is 12.2 Å². The van der Waals surface area contributed by atoms with Crippen LogP contribution in [0.15, 0.2) is 23.1 Å². The minimum atomic E-state index is -0.0341. The van der Waals surface area contributed by atoms with Gasteiger partial charge >= 0.3 is 0 Å². The van der Waals surface area contributed by atoms with Crippen LogP contribution in [-0.4, -0.2) is 10.5 Å². The molecule has 0 aliphatic heterocycles. The van der Waals surface area contributed by atoms with E-state index >= 15 is 0 Å². The van der Waals surface area contributed by atoms with E-state index in [-0.39, 0.29) is 17.4 Å². The van der Waals surface area contributed by atoms with Gasteiger partial charge in [0, 0.05) is 24.7 Å². The van der Waals surface area contributed by atoms with Crippen molar-refractivity contribution in [1.29, 1.82) is 0 Å². The molecule has 0 aromatic carbocycles. The van der Waals surface area contributed by atoms with E-state index in [1.807, 2.05) is 6.92 Å². The zero-order valence-corrected chi connectivity index (χ0v) is 10.8. The monoisotopic (exact) mass is 248 g/mol. The molecule has 0 radical (unpaired) electrons. The Balaban J connectivity index is 2.04. The summed E-state index contributed by atoms with van der Waals surface area (Å²) in [6.07, 6.45) is 7.21. The summed E-state index contributed by atoms with van der Waals surface area (Å²) in [4.78, 5) is 23.5. The second kappa shape index (κ2) is 5.85. The van der Waals surface area contributed by atoms with Crippen molar-refractivity contribution in [3.63, 3.8) is 0 Å². The molecule has 1 amide bonds. The van der Waals surface area contributed by atoms with Crippen molar-refractivity contribution in [3.05, 3.63) is 28.7 Å². The maximum absolute atomic E-state index is 12.1. The number of aromatic nitrogens is 1. The van der Waals surface area contributed by atoms with Crippen LogP contribution in [0.3, 0.4) is 0 Å². The number of amides is 1. The number of carbonyl (C=O) groups excluding carboxylic acids is 1. The highest BCUT2D eigenvalue weighted by Gasteiger charge is 2.21. The smallest absolute Gasteiger partial charge is 0.250 e. The van der Waals surface area contributed by atoms with Crippen molar-refractivity contribution in [3.8, 4) is 0 Å². The molecule has 4 nitrogen and oxygen atoms in total. The average molecular weight is 248 g/mol. The third-order valence-electron chi connectivity index (χ3n) is 3.57. The van der Waals surface area contributed by atoms with E-state index in [1.165, 1.54) is 12.5 Å². The van der Waals surface area contributed by atoms with Crippen LogP contribution in [0.1, 0.15) is 39.0 Å². The number of pyridine rings is 1. The molecule has 98 valence electrons. The fourth-order valence-corrected chi connectivity index (χ4v) is 2.46. The number of aryl methyl sites for hydroxylation is 1. The van der Waals surface area contributed by atoms with Crippen LogP contribution in [0.2, 0.25) is 0 Å². The molecule has 1 saturated carbocycles. The number of nitrogens with one attached hydrogen (secondary N) is 1. The summed E-state index contributed by atoms with van der Waals surface area (Å²) in [5.41, 5.74) is 0.681. The highest BCUT2D eigenvalue weighted by Crippen LogP contribution is 2.24. The number of rotatable bonds is 3. The van der Waals surface area contributed by atoms with E-state index in [0.717, 1.165) is 25.7 Å². The first kappa shape index (κ1) is 12.9. The number of nitrogens with zero attached hydrogens (tertiary/aromatic N) is 1. The number of carbonyl (C=O) groups is 1. The minimum absolute atomic E-state index is 0.0341. The molecule has 1 aliphatic rings. The normalized spacial score (nSPS) is 16.5. The molecular weight excluding hydrogens is 228 g/mol. The van der Waals surface area contributed by atoms with Crippen LogP contribution >= 0.6 is 0 Å². The van der Waals surface area contributed by atoms with Gasteiger partial charge in [-0.3, -0.25) is 9.59 Å². The maximum Gasteiger partial charge on any atom is 0.250 e. The lowest BCUT2D eigenvalue weighted by atomic mass is 9.88. The molecule has 1 aromatic heterocycles. The number of hydrogen-bond acceptors (Lipinski definition) is 2. The van der Waals surface area contributed by atoms with Crippen LogP contribution in [0, 0.1) is 5.92 Å². The van der Waals surface area contributed by atoms with Gasteiger partial charge in [-0.15, -0.1) is 0 Å². The molecule has 4 heteroatoms. The largest absolute Gasteiger partial charge is 0.325 e. The summed E-state index contributed by atoms with van der Waals surface area (Å²) >= 11 is 0. The Morgan fingerprint density at radius 3 is 2.72 bits per heavy atom. The summed E-state index contributed by atoms with van der Waals surface area (Å²) in [5, 5.41) is 2.91. The van der Waals surface area contributed by atoms with Gasteiger partial charge in [-0.25, -0.2) is 0 Å². The van der Waals surface area contributed by atoms with Crippen molar-refractivity contribution < 1.29 is 4.79 Å². The second-order valence-corrected chi connectivity index (χ2v) is 4.87. The molecule has 0 unspecified atom stereocenters. The second-order valence-electron chi connectivity index (χ2n) is 4.87. The van der Waals surface area contributed by atoms with Gasteiger partial charge in [-0.05, 0) is 25.8 Å². The molecule has 0 saturated heterocycles.